The number of ether oxygens (including phenoxy) is 1. The Labute approximate surface area is 168 Å². The van der Waals surface area contributed by atoms with Gasteiger partial charge in [-0.15, -0.1) is 0 Å². The van der Waals surface area contributed by atoms with E-state index in [2.05, 4.69) is 19.2 Å². The summed E-state index contributed by atoms with van der Waals surface area (Å²) in [5.74, 6) is 0.795. The lowest BCUT2D eigenvalue weighted by molar-refractivity contribution is -0.0440. The fourth-order valence-corrected chi connectivity index (χ4v) is 5.95. The highest BCUT2D eigenvalue weighted by atomic mass is 32.2. The van der Waals surface area contributed by atoms with E-state index in [1.54, 1.807) is 18.2 Å². The first-order valence-electron chi connectivity index (χ1n) is 10.2. The molecule has 5 atom stereocenters. The Kier molecular flexibility index (Phi) is 6.47. The van der Waals surface area contributed by atoms with Crippen molar-refractivity contribution < 1.29 is 17.9 Å². The molecule has 1 N–H and O–H groups in total. The Bertz CT molecular complexity index is 800. The molecule has 0 aromatic heterocycles. The molecule has 28 heavy (non-hydrogen) atoms. The van der Waals surface area contributed by atoms with Gasteiger partial charge in [0.05, 0.1) is 17.1 Å². The third kappa shape index (κ3) is 4.58. The normalized spacial score (nSPS) is 32.1. The number of morpholine rings is 1. The van der Waals surface area contributed by atoms with Gasteiger partial charge in [0.25, 0.3) is 5.91 Å². The van der Waals surface area contributed by atoms with Crippen LogP contribution < -0.4 is 5.32 Å². The maximum Gasteiger partial charge on any atom is 0.251 e. The van der Waals surface area contributed by atoms with Crippen LogP contribution in [0.4, 0.5) is 0 Å². The Morgan fingerprint density at radius 1 is 1.11 bits per heavy atom. The van der Waals surface area contributed by atoms with Crippen molar-refractivity contribution in [1.29, 1.82) is 0 Å². The van der Waals surface area contributed by atoms with E-state index in [0.29, 0.717) is 30.5 Å². The molecule has 1 amide bonds. The van der Waals surface area contributed by atoms with Gasteiger partial charge in [-0.05, 0) is 50.3 Å². The SMILES string of the molecule is CC1CN(S(=O)(=O)c2cccc(C(=O)NC3CCCC(C)C3C)c2)CC(C)O1. The van der Waals surface area contributed by atoms with E-state index < -0.39 is 10.0 Å². The van der Waals surface area contributed by atoms with Crippen molar-refractivity contribution in [2.45, 2.75) is 70.1 Å². The first-order valence-corrected chi connectivity index (χ1v) is 11.7. The molecule has 1 aromatic rings. The van der Waals surface area contributed by atoms with Crippen LogP contribution in [0.3, 0.4) is 0 Å². The van der Waals surface area contributed by atoms with Gasteiger partial charge in [-0.2, -0.15) is 4.31 Å². The van der Waals surface area contributed by atoms with Gasteiger partial charge in [-0.1, -0.05) is 32.8 Å². The Morgan fingerprint density at radius 3 is 2.46 bits per heavy atom. The summed E-state index contributed by atoms with van der Waals surface area (Å²) >= 11 is 0. The van der Waals surface area contributed by atoms with Gasteiger partial charge in [0.2, 0.25) is 10.0 Å². The highest BCUT2D eigenvalue weighted by molar-refractivity contribution is 7.89. The minimum Gasteiger partial charge on any atom is -0.373 e. The first kappa shape index (κ1) is 21.3. The third-order valence-electron chi connectivity index (χ3n) is 6.14. The van der Waals surface area contributed by atoms with Crippen molar-refractivity contribution in [3.8, 4) is 0 Å². The van der Waals surface area contributed by atoms with E-state index in [4.69, 9.17) is 4.74 Å². The summed E-state index contributed by atoms with van der Waals surface area (Å²) in [6, 6.07) is 6.50. The quantitative estimate of drug-likeness (QED) is 0.831. The molecular weight excluding hydrogens is 376 g/mol. The zero-order valence-electron chi connectivity index (χ0n) is 17.2. The van der Waals surface area contributed by atoms with Crippen LogP contribution in [-0.4, -0.2) is 50.0 Å². The molecule has 7 heteroatoms. The highest BCUT2D eigenvalue weighted by Crippen LogP contribution is 2.30. The van der Waals surface area contributed by atoms with Crippen molar-refractivity contribution >= 4 is 15.9 Å². The zero-order chi connectivity index (χ0) is 20.5. The number of benzene rings is 1. The highest BCUT2D eigenvalue weighted by Gasteiger charge is 2.33. The number of carbonyl (C=O) groups excluding carboxylic acids is 1. The molecule has 6 nitrogen and oxygen atoms in total. The van der Waals surface area contributed by atoms with E-state index in [1.165, 1.54) is 16.8 Å². The molecule has 0 bridgehead atoms. The number of sulfonamides is 1. The molecule has 1 aliphatic carbocycles. The monoisotopic (exact) mass is 408 g/mol. The van der Waals surface area contributed by atoms with Gasteiger partial charge < -0.3 is 10.1 Å². The van der Waals surface area contributed by atoms with Crippen LogP contribution in [0.15, 0.2) is 29.2 Å². The summed E-state index contributed by atoms with van der Waals surface area (Å²) in [6.07, 6.45) is 2.97. The molecule has 2 aliphatic rings. The minimum absolute atomic E-state index is 0.137. The molecule has 1 aliphatic heterocycles. The van der Waals surface area contributed by atoms with Crippen LogP contribution >= 0.6 is 0 Å². The van der Waals surface area contributed by atoms with Crippen molar-refractivity contribution in [3.63, 3.8) is 0 Å². The lowest BCUT2D eigenvalue weighted by Gasteiger charge is -2.35. The largest absolute Gasteiger partial charge is 0.373 e. The molecule has 5 unspecified atom stereocenters. The van der Waals surface area contributed by atoms with Crippen LogP contribution in [0.25, 0.3) is 0 Å². The minimum atomic E-state index is -3.66. The topological polar surface area (TPSA) is 75.7 Å². The molecule has 3 rings (SSSR count). The second-order valence-corrected chi connectivity index (χ2v) is 10.4. The van der Waals surface area contributed by atoms with Crippen LogP contribution in [0.5, 0.6) is 0 Å². The standard InChI is InChI=1S/C21H32N2O4S/c1-14-7-5-10-20(17(14)4)22-21(24)18-8-6-9-19(11-18)28(25,26)23-12-15(2)27-16(3)13-23/h6,8-9,11,14-17,20H,5,7,10,12-13H2,1-4H3,(H,22,24). The predicted octanol–water partition coefficient (Wildman–Crippen LogP) is 3.04. The average molecular weight is 409 g/mol. The number of hydrogen-bond acceptors (Lipinski definition) is 4. The van der Waals surface area contributed by atoms with E-state index >= 15 is 0 Å². The van der Waals surface area contributed by atoms with E-state index in [0.717, 1.165) is 12.8 Å². The number of rotatable bonds is 4. The summed E-state index contributed by atoms with van der Waals surface area (Å²) in [7, 11) is -3.66. The summed E-state index contributed by atoms with van der Waals surface area (Å²) in [4.78, 5) is 12.9. The van der Waals surface area contributed by atoms with E-state index in [1.807, 2.05) is 13.8 Å². The van der Waals surface area contributed by atoms with Crippen LogP contribution in [0.2, 0.25) is 0 Å². The average Bonchev–Trinajstić information content (AvgIpc) is 2.64. The van der Waals surface area contributed by atoms with Crippen molar-refractivity contribution in [2.24, 2.45) is 11.8 Å². The second kappa shape index (κ2) is 8.51. The molecule has 0 radical (unpaired) electrons. The number of hydrogen-bond donors (Lipinski definition) is 1. The second-order valence-electron chi connectivity index (χ2n) is 8.45. The van der Waals surface area contributed by atoms with Gasteiger partial charge >= 0.3 is 0 Å². The Balaban J connectivity index is 1.77. The van der Waals surface area contributed by atoms with Gasteiger partial charge in [0, 0.05) is 24.7 Å². The van der Waals surface area contributed by atoms with E-state index in [-0.39, 0.29) is 29.1 Å². The van der Waals surface area contributed by atoms with Crippen molar-refractivity contribution in [1.82, 2.24) is 9.62 Å². The molecule has 1 saturated heterocycles. The molecule has 2 fully saturated rings. The van der Waals surface area contributed by atoms with Gasteiger partial charge in [-0.25, -0.2) is 8.42 Å². The van der Waals surface area contributed by atoms with Gasteiger partial charge in [0.15, 0.2) is 0 Å². The number of nitrogens with one attached hydrogen (secondary N) is 1. The van der Waals surface area contributed by atoms with Crippen molar-refractivity contribution in [2.75, 3.05) is 13.1 Å². The fourth-order valence-electron chi connectivity index (χ4n) is 4.31. The lowest BCUT2D eigenvalue weighted by Crippen LogP contribution is -2.48. The maximum atomic E-state index is 13.1. The molecule has 156 valence electrons. The lowest BCUT2D eigenvalue weighted by atomic mass is 9.78. The maximum absolute atomic E-state index is 13.1. The Hall–Kier alpha value is -1.44. The molecule has 0 spiro atoms. The fraction of sp³-hybridized carbons (Fsp3) is 0.667. The molecule has 1 heterocycles. The summed E-state index contributed by atoms with van der Waals surface area (Å²) in [6.45, 7) is 8.78. The van der Waals surface area contributed by atoms with Crippen LogP contribution in [0.1, 0.15) is 57.3 Å². The predicted molar refractivity (Wildman–Crippen MR) is 109 cm³/mol. The van der Waals surface area contributed by atoms with Crippen LogP contribution in [0, 0.1) is 11.8 Å². The summed E-state index contributed by atoms with van der Waals surface area (Å²) < 4.78 is 33.2. The molecule has 1 aromatic carbocycles. The molecule has 1 saturated carbocycles. The van der Waals surface area contributed by atoms with E-state index in [9.17, 15) is 13.2 Å². The summed E-state index contributed by atoms with van der Waals surface area (Å²) in [5, 5.41) is 3.12. The van der Waals surface area contributed by atoms with Gasteiger partial charge in [0.1, 0.15) is 0 Å². The molecular formula is C21H32N2O4S. The third-order valence-corrected chi connectivity index (χ3v) is 7.97. The number of amides is 1. The van der Waals surface area contributed by atoms with Gasteiger partial charge in [-0.3, -0.25) is 4.79 Å². The summed E-state index contributed by atoms with van der Waals surface area (Å²) in [5.41, 5.74) is 0.390. The Morgan fingerprint density at radius 2 is 1.79 bits per heavy atom. The number of nitrogens with zero attached hydrogens (tertiary/aromatic N) is 1. The number of carbonyl (C=O) groups is 1. The zero-order valence-corrected chi connectivity index (χ0v) is 18.0. The first-order chi connectivity index (χ1) is 13.2. The van der Waals surface area contributed by atoms with Crippen LogP contribution in [-0.2, 0) is 14.8 Å². The smallest absolute Gasteiger partial charge is 0.251 e. The van der Waals surface area contributed by atoms with Crippen molar-refractivity contribution in [3.05, 3.63) is 29.8 Å².